The first-order chi connectivity index (χ1) is 10.0. The van der Waals surface area contributed by atoms with Gasteiger partial charge in [-0.15, -0.1) is 0 Å². The molecule has 1 fully saturated rings. The van der Waals surface area contributed by atoms with Gasteiger partial charge in [0, 0.05) is 30.5 Å². The van der Waals surface area contributed by atoms with Crippen LogP contribution < -0.4 is 5.32 Å². The summed E-state index contributed by atoms with van der Waals surface area (Å²) in [4.78, 5) is 14.8. The molecule has 0 aliphatic carbocycles. The molecule has 0 unspecified atom stereocenters. The summed E-state index contributed by atoms with van der Waals surface area (Å²) >= 11 is 0. The van der Waals surface area contributed by atoms with E-state index in [1.165, 1.54) is 31.6 Å². The Hall–Kier alpha value is -1.29. The molecule has 4 heteroatoms. The third kappa shape index (κ3) is 3.88. The molecule has 1 aliphatic heterocycles. The van der Waals surface area contributed by atoms with E-state index in [1.807, 2.05) is 13.0 Å². The predicted molar refractivity (Wildman–Crippen MR) is 86.8 cm³/mol. The largest absolute Gasteiger partial charge is 0.350 e. The second kappa shape index (κ2) is 7.12. The maximum absolute atomic E-state index is 12.3. The van der Waals surface area contributed by atoms with E-state index in [0.29, 0.717) is 0 Å². The third-order valence-electron chi connectivity index (χ3n) is 4.65. The summed E-state index contributed by atoms with van der Waals surface area (Å²) in [5.74, 6) is 0.0601. The van der Waals surface area contributed by atoms with E-state index in [-0.39, 0.29) is 11.9 Å². The van der Waals surface area contributed by atoms with E-state index in [4.69, 9.17) is 0 Å². The number of hydrogen-bond acceptors (Lipinski definition) is 2. The third-order valence-corrected chi connectivity index (χ3v) is 4.65. The van der Waals surface area contributed by atoms with Crippen LogP contribution in [0.4, 0.5) is 0 Å². The zero-order valence-corrected chi connectivity index (χ0v) is 13.9. The molecule has 0 saturated carbocycles. The fourth-order valence-electron chi connectivity index (χ4n) is 3.03. The first kappa shape index (κ1) is 16.1. The second-order valence-corrected chi connectivity index (χ2v) is 6.27. The van der Waals surface area contributed by atoms with Gasteiger partial charge in [0.2, 0.25) is 0 Å². The van der Waals surface area contributed by atoms with E-state index in [9.17, 15) is 4.79 Å². The highest BCUT2D eigenvalue weighted by Gasteiger charge is 2.18. The lowest BCUT2D eigenvalue weighted by molar-refractivity contribution is 0.0938. The minimum absolute atomic E-state index is 0.0601. The zero-order chi connectivity index (χ0) is 15.4. The van der Waals surface area contributed by atoms with Gasteiger partial charge in [-0.25, -0.2) is 0 Å². The standard InChI is InChI=1S/C17H29N3O/c1-5-13(2)18-17(21)16-12-14(3)20(15(16)4)11-10-19-8-6-7-9-19/h12-13H,5-11H2,1-4H3,(H,18,21)/t13-/m0/s1. The maximum atomic E-state index is 12.3. The normalized spacial score (nSPS) is 17.1. The number of carbonyl (C=O) groups excluding carboxylic acids is 1. The Labute approximate surface area is 128 Å². The minimum Gasteiger partial charge on any atom is -0.350 e. The predicted octanol–water partition coefficient (Wildman–Crippen LogP) is 2.73. The highest BCUT2D eigenvalue weighted by atomic mass is 16.1. The minimum atomic E-state index is 0.0601. The van der Waals surface area contributed by atoms with Gasteiger partial charge in [-0.1, -0.05) is 6.92 Å². The van der Waals surface area contributed by atoms with Gasteiger partial charge < -0.3 is 14.8 Å². The molecule has 1 amide bonds. The molecule has 118 valence electrons. The molecule has 0 bridgehead atoms. The quantitative estimate of drug-likeness (QED) is 0.875. The summed E-state index contributed by atoms with van der Waals surface area (Å²) in [5, 5.41) is 3.06. The maximum Gasteiger partial charge on any atom is 0.253 e. The number of likely N-dealkylation sites (tertiary alicyclic amines) is 1. The fraction of sp³-hybridized carbons (Fsp3) is 0.706. The van der Waals surface area contributed by atoms with Crippen molar-refractivity contribution in [1.82, 2.24) is 14.8 Å². The molecule has 1 aliphatic rings. The number of aryl methyl sites for hydroxylation is 1. The highest BCUT2D eigenvalue weighted by molar-refractivity contribution is 5.95. The molecule has 1 aromatic rings. The van der Waals surface area contributed by atoms with E-state index >= 15 is 0 Å². The van der Waals surface area contributed by atoms with Gasteiger partial charge in [0.1, 0.15) is 0 Å². The lowest BCUT2D eigenvalue weighted by atomic mass is 10.2. The second-order valence-electron chi connectivity index (χ2n) is 6.27. The fourth-order valence-corrected chi connectivity index (χ4v) is 3.03. The number of hydrogen-bond donors (Lipinski definition) is 1. The van der Waals surface area contributed by atoms with Crippen LogP contribution in [0.5, 0.6) is 0 Å². The van der Waals surface area contributed by atoms with Crippen LogP contribution in [0.2, 0.25) is 0 Å². The van der Waals surface area contributed by atoms with Gasteiger partial charge in [0.25, 0.3) is 5.91 Å². The number of amides is 1. The van der Waals surface area contributed by atoms with Crippen molar-refractivity contribution in [3.05, 3.63) is 23.0 Å². The van der Waals surface area contributed by atoms with Crippen LogP contribution in [0, 0.1) is 13.8 Å². The van der Waals surface area contributed by atoms with Crippen LogP contribution in [0.25, 0.3) is 0 Å². The van der Waals surface area contributed by atoms with Crippen molar-refractivity contribution < 1.29 is 4.79 Å². The van der Waals surface area contributed by atoms with Crippen LogP contribution >= 0.6 is 0 Å². The van der Waals surface area contributed by atoms with Crippen LogP contribution in [-0.4, -0.2) is 41.1 Å². The molecule has 0 aromatic carbocycles. The lowest BCUT2D eigenvalue weighted by Crippen LogP contribution is -2.32. The van der Waals surface area contributed by atoms with Crippen LogP contribution in [0.1, 0.15) is 54.9 Å². The number of aromatic nitrogens is 1. The number of rotatable bonds is 6. The summed E-state index contributed by atoms with van der Waals surface area (Å²) < 4.78 is 2.28. The van der Waals surface area contributed by atoms with Gasteiger partial charge in [-0.3, -0.25) is 4.79 Å². The average Bonchev–Trinajstić information content (AvgIpc) is 3.05. The molecule has 0 radical (unpaired) electrons. The van der Waals surface area contributed by atoms with E-state index in [0.717, 1.165) is 30.8 Å². The number of nitrogens with one attached hydrogen (secondary N) is 1. The number of carbonyl (C=O) groups is 1. The lowest BCUT2D eigenvalue weighted by Gasteiger charge is -2.17. The highest BCUT2D eigenvalue weighted by Crippen LogP contribution is 2.16. The first-order valence-corrected chi connectivity index (χ1v) is 8.22. The van der Waals surface area contributed by atoms with Crippen molar-refractivity contribution in [2.45, 2.75) is 59.5 Å². The Bertz CT molecular complexity index is 486. The summed E-state index contributed by atoms with van der Waals surface area (Å²) in [6.07, 6.45) is 3.61. The zero-order valence-electron chi connectivity index (χ0n) is 13.9. The van der Waals surface area contributed by atoms with Crippen molar-refractivity contribution in [2.75, 3.05) is 19.6 Å². The molecule has 21 heavy (non-hydrogen) atoms. The Morgan fingerprint density at radius 2 is 1.95 bits per heavy atom. The van der Waals surface area contributed by atoms with Gasteiger partial charge in [0.05, 0.1) is 5.56 Å². The van der Waals surface area contributed by atoms with Gasteiger partial charge in [0.15, 0.2) is 0 Å². The smallest absolute Gasteiger partial charge is 0.253 e. The van der Waals surface area contributed by atoms with Crippen molar-refractivity contribution in [1.29, 1.82) is 0 Å². The molecule has 1 N–H and O–H groups in total. The molecule has 2 rings (SSSR count). The Morgan fingerprint density at radius 3 is 2.57 bits per heavy atom. The van der Waals surface area contributed by atoms with Crippen molar-refractivity contribution in [3.63, 3.8) is 0 Å². The summed E-state index contributed by atoms with van der Waals surface area (Å²) in [6.45, 7) is 12.8. The first-order valence-electron chi connectivity index (χ1n) is 8.22. The Morgan fingerprint density at radius 1 is 1.29 bits per heavy atom. The van der Waals surface area contributed by atoms with Crippen LogP contribution in [0.15, 0.2) is 6.07 Å². The Kier molecular flexibility index (Phi) is 5.45. The van der Waals surface area contributed by atoms with E-state index in [1.54, 1.807) is 0 Å². The monoisotopic (exact) mass is 291 g/mol. The molecule has 1 aromatic heterocycles. The Balaban J connectivity index is 2.03. The van der Waals surface area contributed by atoms with Gasteiger partial charge in [-0.05, 0) is 59.2 Å². The molecule has 1 saturated heterocycles. The van der Waals surface area contributed by atoms with Gasteiger partial charge in [-0.2, -0.15) is 0 Å². The van der Waals surface area contributed by atoms with E-state index < -0.39 is 0 Å². The summed E-state index contributed by atoms with van der Waals surface area (Å²) in [7, 11) is 0. The van der Waals surface area contributed by atoms with Crippen LogP contribution in [-0.2, 0) is 6.54 Å². The van der Waals surface area contributed by atoms with Gasteiger partial charge >= 0.3 is 0 Å². The summed E-state index contributed by atoms with van der Waals surface area (Å²) in [6, 6.07) is 2.25. The molecule has 1 atom stereocenters. The molecule has 0 spiro atoms. The molecular weight excluding hydrogens is 262 g/mol. The van der Waals surface area contributed by atoms with Crippen LogP contribution in [0.3, 0.4) is 0 Å². The van der Waals surface area contributed by atoms with Crippen molar-refractivity contribution in [3.8, 4) is 0 Å². The average molecular weight is 291 g/mol. The van der Waals surface area contributed by atoms with Crippen molar-refractivity contribution >= 4 is 5.91 Å². The molecule has 4 nitrogen and oxygen atoms in total. The molecular formula is C17H29N3O. The van der Waals surface area contributed by atoms with E-state index in [2.05, 4.69) is 35.6 Å². The summed E-state index contributed by atoms with van der Waals surface area (Å²) in [5.41, 5.74) is 3.10. The topological polar surface area (TPSA) is 37.3 Å². The number of nitrogens with zero attached hydrogens (tertiary/aromatic N) is 2. The van der Waals surface area contributed by atoms with Crippen molar-refractivity contribution in [2.24, 2.45) is 0 Å². The molecule has 2 heterocycles. The SMILES string of the molecule is CC[C@H](C)NC(=O)c1cc(C)n(CCN2CCCC2)c1C.